The zero-order valence-corrected chi connectivity index (χ0v) is 17.1. The van der Waals surface area contributed by atoms with Crippen LogP contribution in [-0.4, -0.2) is 28.9 Å². The van der Waals surface area contributed by atoms with Gasteiger partial charge in [-0.05, 0) is 38.1 Å². The van der Waals surface area contributed by atoms with Crippen LogP contribution in [-0.2, 0) is 20.5 Å². The van der Waals surface area contributed by atoms with E-state index in [0.717, 1.165) is 6.07 Å². The van der Waals surface area contributed by atoms with Gasteiger partial charge in [-0.25, -0.2) is 14.2 Å². The van der Waals surface area contributed by atoms with Gasteiger partial charge in [0.05, 0.1) is 28.6 Å². The topological polar surface area (TPSA) is 60.8 Å². The minimum atomic E-state index is -4.70. The van der Waals surface area contributed by atoms with Crippen LogP contribution in [0, 0.1) is 5.82 Å². The van der Waals surface area contributed by atoms with Crippen molar-refractivity contribution in [2.45, 2.75) is 32.0 Å². The number of nitrogens with zero attached hydrogens (tertiary/aromatic N) is 2. The van der Waals surface area contributed by atoms with E-state index in [1.807, 2.05) is 0 Å². The highest BCUT2D eigenvalue weighted by molar-refractivity contribution is 6.34. The molecule has 0 saturated carbocycles. The maximum atomic E-state index is 14.5. The van der Waals surface area contributed by atoms with Crippen molar-refractivity contribution in [3.05, 3.63) is 51.4 Å². The molecule has 0 aliphatic carbocycles. The molecule has 0 radical (unpaired) electrons. The van der Waals surface area contributed by atoms with Crippen LogP contribution < -0.4 is 0 Å². The Bertz CT molecular complexity index is 1040. The summed E-state index contributed by atoms with van der Waals surface area (Å²) in [6.45, 7) is 3.23. The fourth-order valence-corrected chi connectivity index (χ4v) is 3.31. The van der Waals surface area contributed by atoms with Gasteiger partial charge in [-0.3, -0.25) is 0 Å². The van der Waals surface area contributed by atoms with Crippen molar-refractivity contribution in [3.8, 4) is 11.3 Å². The number of carbonyl (C=O) groups is 1. The van der Waals surface area contributed by atoms with Crippen molar-refractivity contribution in [2.75, 3.05) is 6.61 Å². The number of rotatable bonds is 4. The highest BCUT2D eigenvalue weighted by Crippen LogP contribution is 2.37. The van der Waals surface area contributed by atoms with Gasteiger partial charge >= 0.3 is 12.1 Å². The van der Waals surface area contributed by atoms with Gasteiger partial charge in [0.25, 0.3) is 0 Å². The Morgan fingerprint density at radius 1 is 1.23 bits per heavy atom. The summed E-state index contributed by atoms with van der Waals surface area (Å²) in [5.41, 5.74) is -2.70. The minimum absolute atomic E-state index is 0.0343. The lowest BCUT2D eigenvalue weighted by Crippen LogP contribution is -2.37. The molecule has 0 bridgehead atoms. The third-order valence-corrected chi connectivity index (χ3v) is 4.84. The molecule has 1 aromatic heterocycles. The van der Waals surface area contributed by atoms with Crippen molar-refractivity contribution >= 4 is 34.9 Å². The van der Waals surface area contributed by atoms with Gasteiger partial charge in [0.1, 0.15) is 11.0 Å². The van der Waals surface area contributed by atoms with Crippen LogP contribution >= 0.6 is 23.2 Å². The van der Waals surface area contributed by atoms with Crippen molar-refractivity contribution < 1.29 is 31.9 Å². The number of hydrogen-bond donors (Lipinski definition) is 0. The van der Waals surface area contributed by atoms with E-state index in [-0.39, 0.29) is 40.6 Å². The van der Waals surface area contributed by atoms with E-state index in [1.165, 1.54) is 13.0 Å². The fourth-order valence-electron chi connectivity index (χ4n) is 2.84. The van der Waals surface area contributed by atoms with Gasteiger partial charge in [0.15, 0.2) is 0 Å². The predicted octanol–water partition coefficient (Wildman–Crippen LogP) is 5.66. The number of esters is 1. The molecule has 3 rings (SSSR count). The van der Waals surface area contributed by atoms with Crippen molar-refractivity contribution in [2.24, 2.45) is 5.16 Å². The Morgan fingerprint density at radius 3 is 2.57 bits per heavy atom. The molecule has 1 atom stereocenters. The normalized spacial score (nSPS) is 18.7. The van der Waals surface area contributed by atoms with Gasteiger partial charge in [-0.1, -0.05) is 28.4 Å². The molecule has 1 unspecified atom stereocenters. The molecule has 0 saturated heterocycles. The molecule has 1 aliphatic rings. The summed E-state index contributed by atoms with van der Waals surface area (Å²) in [5, 5.41) is 3.33. The summed E-state index contributed by atoms with van der Waals surface area (Å²) < 4.78 is 58.8. The van der Waals surface area contributed by atoms with E-state index in [1.54, 1.807) is 6.92 Å². The van der Waals surface area contributed by atoms with Crippen LogP contribution in [0.4, 0.5) is 17.6 Å². The average molecular weight is 465 g/mol. The summed E-state index contributed by atoms with van der Waals surface area (Å²) in [7, 11) is 0. The van der Waals surface area contributed by atoms with Crippen LogP contribution in [0.2, 0.25) is 10.2 Å². The number of hydrogen-bond acceptors (Lipinski definition) is 5. The molecular formula is C19H14Cl2F4N2O3. The summed E-state index contributed by atoms with van der Waals surface area (Å²) >= 11 is 11.8. The van der Waals surface area contributed by atoms with Crippen molar-refractivity contribution in [1.29, 1.82) is 0 Å². The van der Waals surface area contributed by atoms with Crippen LogP contribution in [0.25, 0.3) is 11.3 Å². The summed E-state index contributed by atoms with van der Waals surface area (Å²) in [5.74, 6) is -1.55. The van der Waals surface area contributed by atoms with Gasteiger partial charge in [0.2, 0.25) is 5.60 Å². The number of ether oxygens (including phenoxy) is 1. The van der Waals surface area contributed by atoms with E-state index < -0.39 is 34.3 Å². The van der Waals surface area contributed by atoms with E-state index in [2.05, 4.69) is 10.1 Å². The first-order valence-electron chi connectivity index (χ1n) is 8.61. The second-order valence-electron chi connectivity index (χ2n) is 6.63. The third-order valence-electron chi connectivity index (χ3n) is 4.33. The number of aromatic nitrogens is 1. The Balaban J connectivity index is 2.03. The zero-order valence-electron chi connectivity index (χ0n) is 15.6. The SMILES string of the molecule is CCOC(=O)C1(C)CC(c2cc(-c3cc(C(F)(F)F)cc(Cl)n3)c(F)cc2Cl)=NO1. The standard InChI is InChI=1S/C19H14Cl2F4N2O3/c1-3-29-17(28)18(2)8-15(27-30-18)10-6-11(13(22)7-12(10)20)14-4-9(19(23,24)25)5-16(21)26-14/h4-7H,3,8H2,1-2H3. The van der Waals surface area contributed by atoms with Crippen molar-refractivity contribution in [3.63, 3.8) is 0 Å². The molecule has 2 aromatic rings. The lowest BCUT2D eigenvalue weighted by Gasteiger charge is -2.18. The van der Waals surface area contributed by atoms with Gasteiger partial charge < -0.3 is 9.57 Å². The Kier molecular flexibility index (Phi) is 5.97. The zero-order chi connectivity index (χ0) is 22.3. The first-order valence-corrected chi connectivity index (χ1v) is 9.37. The van der Waals surface area contributed by atoms with E-state index in [4.69, 9.17) is 32.8 Å². The minimum Gasteiger partial charge on any atom is -0.463 e. The first-order chi connectivity index (χ1) is 13.9. The average Bonchev–Trinajstić information content (AvgIpc) is 3.04. The molecule has 1 aliphatic heterocycles. The Hall–Kier alpha value is -2.39. The molecule has 1 aromatic carbocycles. The molecule has 0 fully saturated rings. The fraction of sp³-hybridized carbons (Fsp3) is 0.316. The van der Waals surface area contributed by atoms with Crippen LogP contribution in [0.1, 0.15) is 31.4 Å². The van der Waals surface area contributed by atoms with Gasteiger partial charge in [0, 0.05) is 17.5 Å². The molecule has 0 spiro atoms. The van der Waals surface area contributed by atoms with E-state index in [0.29, 0.717) is 12.1 Å². The first kappa shape index (κ1) is 22.3. The van der Waals surface area contributed by atoms with E-state index in [9.17, 15) is 22.4 Å². The largest absolute Gasteiger partial charge is 0.463 e. The predicted molar refractivity (Wildman–Crippen MR) is 102 cm³/mol. The second-order valence-corrected chi connectivity index (χ2v) is 7.43. The molecule has 30 heavy (non-hydrogen) atoms. The number of halogens is 6. The highest BCUT2D eigenvalue weighted by Gasteiger charge is 2.44. The number of pyridine rings is 1. The molecule has 0 amide bonds. The molecule has 5 nitrogen and oxygen atoms in total. The molecular weight excluding hydrogens is 451 g/mol. The summed E-state index contributed by atoms with van der Waals surface area (Å²) in [6.07, 6.45) is -4.73. The monoisotopic (exact) mass is 464 g/mol. The van der Waals surface area contributed by atoms with Gasteiger partial charge in [-0.2, -0.15) is 13.2 Å². The molecule has 11 heteroatoms. The number of carbonyl (C=O) groups excluding carboxylic acids is 1. The lowest BCUT2D eigenvalue weighted by atomic mass is 9.94. The molecule has 160 valence electrons. The number of alkyl halides is 3. The molecule has 0 N–H and O–H groups in total. The molecule has 2 heterocycles. The summed E-state index contributed by atoms with van der Waals surface area (Å²) in [4.78, 5) is 21.1. The van der Waals surface area contributed by atoms with Crippen molar-refractivity contribution in [1.82, 2.24) is 4.98 Å². The maximum Gasteiger partial charge on any atom is 0.416 e. The maximum absolute atomic E-state index is 14.5. The summed E-state index contributed by atoms with van der Waals surface area (Å²) in [6, 6.07) is 3.43. The van der Waals surface area contributed by atoms with Crippen LogP contribution in [0.3, 0.4) is 0 Å². The highest BCUT2D eigenvalue weighted by atomic mass is 35.5. The van der Waals surface area contributed by atoms with Crippen LogP contribution in [0.5, 0.6) is 0 Å². The number of oxime groups is 1. The second kappa shape index (κ2) is 8.03. The van der Waals surface area contributed by atoms with Gasteiger partial charge in [-0.15, -0.1) is 0 Å². The van der Waals surface area contributed by atoms with Crippen LogP contribution in [0.15, 0.2) is 29.4 Å². The smallest absolute Gasteiger partial charge is 0.416 e. The Morgan fingerprint density at radius 2 is 1.93 bits per heavy atom. The Labute approximate surface area is 178 Å². The number of benzene rings is 1. The quantitative estimate of drug-likeness (QED) is 0.332. The third kappa shape index (κ3) is 4.37. The lowest BCUT2D eigenvalue weighted by molar-refractivity contribution is -0.166. The van der Waals surface area contributed by atoms with E-state index >= 15 is 0 Å².